The predicted octanol–water partition coefficient (Wildman–Crippen LogP) is 3.41. The van der Waals surface area contributed by atoms with Gasteiger partial charge in [0.2, 0.25) is 5.91 Å². The fourth-order valence-electron chi connectivity index (χ4n) is 4.13. The summed E-state index contributed by atoms with van der Waals surface area (Å²) in [5, 5.41) is 12.2. The van der Waals surface area contributed by atoms with E-state index in [1.807, 2.05) is 46.3 Å². The van der Waals surface area contributed by atoms with Crippen LogP contribution < -0.4 is 11.0 Å². The third-order valence-corrected chi connectivity index (χ3v) is 6.52. The standard InChI is InChI=1S/C21H26N4O2S.C2HF3O2/c1-15(22-20(26)13-17-5-4-12-28-17)14-24-10-8-16(9-11-24)25-19-7-3-2-6-18(19)23-21(25)27;3-2(4,5)1(6)7/h2-7,12,15-16H,8-11,13-14H2,1H3,(H,22,26)(H,23,27);(H,6,7)/t15-;/m0./s1. The molecule has 1 aromatic carbocycles. The molecule has 0 radical (unpaired) electrons. The molecule has 2 aromatic heterocycles. The van der Waals surface area contributed by atoms with Crippen molar-refractivity contribution in [1.29, 1.82) is 0 Å². The number of carbonyl (C=O) groups excluding carboxylic acids is 1. The molecule has 0 saturated carbocycles. The van der Waals surface area contributed by atoms with E-state index in [1.165, 1.54) is 0 Å². The number of aromatic nitrogens is 2. The van der Waals surface area contributed by atoms with Crippen molar-refractivity contribution in [2.75, 3.05) is 19.6 Å². The zero-order valence-corrected chi connectivity index (χ0v) is 19.9. The number of imidazole rings is 1. The van der Waals surface area contributed by atoms with Crippen molar-refractivity contribution in [3.63, 3.8) is 0 Å². The molecule has 35 heavy (non-hydrogen) atoms. The van der Waals surface area contributed by atoms with Crippen molar-refractivity contribution in [3.8, 4) is 0 Å². The number of carboxylic acids is 1. The lowest BCUT2D eigenvalue weighted by molar-refractivity contribution is -0.192. The van der Waals surface area contributed by atoms with Gasteiger partial charge >= 0.3 is 17.8 Å². The minimum atomic E-state index is -5.08. The molecule has 0 aliphatic carbocycles. The molecule has 1 aliphatic rings. The number of piperidine rings is 1. The number of nitrogens with one attached hydrogen (secondary N) is 2. The summed E-state index contributed by atoms with van der Waals surface area (Å²) in [6.45, 7) is 4.76. The Hall–Kier alpha value is -3.12. The zero-order chi connectivity index (χ0) is 25.6. The van der Waals surface area contributed by atoms with Gasteiger partial charge in [-0.25, -0.2) is 9.59 Å². The van der Waals surface area contributed by atoms with E-state index in [1.54, 1.807) is 11.3 Å². The monoisotopic (exact) mass is 512 g/mol. The van der Waals surface area contributed by atoms with Gasteiger partial charge in [0.15, 0.2) is 0 Å². The summed E-state index contributed by atoms with van der Waals surface area (Å²) in [7, 11) is 0. The highest BCUT2D eigenvalue weighted by molar-refractivity contribution is 7.10. The number of hydrogen-bond donors (Lipinski definition) is 3. The SMILES string of the molecule is C[C@@H](CN1CCC(n2c(=O)[nH]c3ccccc32)CC1)NC(=O)Cc1cccs1.O=C(O)C(F)(F)F. The molecular formula is C23H27F3N4O4S. The van der Waals surface area contributed by atoms with Crippen LogP contribution in [0.3, 0.4) is 0 Å². The summed E-state index contributed by atoms with van der Waals surface area (Å²) in [5.74, 6) is -2.68. The fourth-order valence-corrected chi connectivity index (χ4v) is 4.83. The number of thiophene rings is 1. The smallest absolute Gasteiger partial charge is 0.475 e. The number of carbonyl (C=O) groups is 2. The third-order valence-electron chi connectivity index (χ3n) is 5.64. The number of hydrogen-bond acceptors (Lipinski definition) is 5. The van der Waals surface area contributed by atoms with E-state index in [9.17, 15) is 22.8 Å². The second-order valence-electron chi connectivity index (χ2n) is 8.38. The van der Waals surface area contributed by atoms with Gasteiger partial charge in [0, 0.05) is 36.6 Å². The Kier molecular flexibility index (Phi) is 8.73. The molecular weight excluding hydrogens is 485 g/mol. The number of alkyl halides is 3. The summed E-state index contributed by atoms with van der Waals surface area (Å²) in [6.07, 6.45) is -2.75. The number of amides is 1. The van der Waals surface area contributed by atoms with Gasteiger partial charge in [0.05, 0.1) is 17.5 Å². The van der Waals surface area contributed by atoms with E-state index in [0.717, 1.165) is 48.4 Å². The summed E-state index contributed by atoms with van der Waals surface area (Å²) >= 11 is 1.61. The summed E-state index contributed by atoms with van der Waals surface area (Å²) < 4.78 is 33.7. The molecule has 3 N–H and O–H groups in total. The molecule has 4 rings (SSSR count). The molecule has 1 amide bonds. The molecule has 1 saturated heterocycles. The maximum atomic E-state index is 12.4. The Morgan fingerprint density at radius 3 is 2.46 bits per heavy atom. The Morgan fingerprint density at radius 1 is 1.20 bits per heavy atom. The maximum absolute atomic E-state index is 12.4. The average Bonchev–Trinajstić information content (AvgIpc) is 3.40. The van der Waals surface area contributed by atoms with E-state index < -0.39 is 12.1 Å². The highest BCUT2D eigenvalue weighted by Crippen LogP contribution is 2.24. The Balaban J connectivity index is 0.000000429. The molecule has 1 fully saturated rings. The molecule has 0 spiro atoms. The van der Waals surface area contributed by atoms with Crippen molar-refractivity contribution in [2.24, 2.45) is 0 Å². The highest BCUT2D eigenvalue weighted by Gasteiger charge is 2.38. The van der Waals surface area contributed by atoms with Crippen molar-refractivity contribution >= 4 is 34.2 Å². The van der Waals surface area contributed by atoms with Gasteiger partial charge < -0.3 is 20.3 Å². The molecule has 0 bridgehead atoms. The number of rotatable bonds is 6. The number of carboxylic acid groups (broad SMARTS) is 1. The van der Waals surface area contributed by atoms with Gasteiger partial charge in [-0.3, -0.25) is 9.36 Å². The maximum Gasteiger partial charge on any atom is 0.490 e. The van der Waals surface area contributed by atoms with Gasteiger partial charge in [-0.2, -0.15) is 13.2 Å². The molecule has 1 atom stereocenters. The van der Waals surface area contributed by atoms with Gasteiger partial charge in [0.1, 0.15) is 0 Å². The number of aromatic amines is 1. The molecule has 1 aliphatic heterocycles. The van der Waals surface area contributed by atoms with E-state index in [-0.39, 0.29) is 23.7 Å². The van der Waals surface area contributed by atoms with Crippen LogP contribution in [-0.4, -0.2) is 63.3 Å². The van der Waals surface area contributed by atoms with Crippen molar-refractivity contribution in [3.05, 3.63) is 57.1 Å². The van der Waals surface area contributed by atoms with E-state index in [4.69, 9.17) is 9.90 Å². The highest BCUT2D eigenvalue weighted by atomic mass is 32.1. The summed E-state index contributed by atoms with van der Waals surface area (Å²) in [6, 6.07) is 12.2. The van der Waals surface area contributed by atoms with Crippen LogP contribution in [0.2, 0.25) is 0 Å². The molecule has 3 heterocycles. The van der Waals surface area contributed by atoms with E-state index in [2.05, 4.69) is 22.1 Å². The zero-order valence-electron chi connectivity index (χ0n) is 19.0. The fraction of sp³-hybridized carbons (Fsp3) is 0.435. The molecule has 3 aromatic rings. The lowest BCUT2D eigenvalue weighted by Crippen LogP contribution is -2.45. The minimum absolute atomic E-state index is 0.0196. The Morgan fingerprint density at radius 2 is 1.86 bits per heavy atom. The Bertz CT molecular complexity index is 1180. The van der Waals surface area contributed by atoms with Crippen LogP contribution in [0.5, 0.6) is 0 Å². The third kappa shape index (κ3) is 7.43. The number of aliphatic carboxylic acids is 1. The number of H-pyrrole nitrogens is 1. The predicted molar refractivity (Wildman–Crippen MR) is 127 cm³/mol. The van der Waals surface area contributed by atoms with Crippen molar-refractivity contribution in [2.45, 2.75) is 44.4 Å². The van der Waals surface area contributed by atoms with Gasteiger partial charge in [-0.15, -0.1) is 11.3 Å². The number of halogens is 3. The normalized spacial score (nSPS) is 15.9. The first-order valence-corrected chi connectivity index (χ1v) is 12.0. The average molecular weight is 513 g/mol. The second-order valence-corrected chi connectivity index (χ2v) is 9.41. The van der Waals surface area contributed by atoms with Crippen LogP contribution in [0.1, 0.15) is 30.7 Å². The van der Waals surface area contributed by atoms with Crippen molar-refractivity contribution < 1.29 is 27.9 Å². The van der Waals surface area contributed by atoms with E-state index in [0.29, 0.717) is 6.42 Å². The lowest BCUT2D eigenvalue weighted by Gasteiger charge is -2.34. The molecule has 12 heteroatoms. The van der Waals surface area contributed by atoms with Crippen LogP contribution in [0.25, 0.3) is 11.0 Å². The lowest BCUT2D eigenvalue weighted by atomic mass is 10.0. The number of fused-ring (bicyclic) bond motifs is 1. The second kappa shape index (κ2) is 11.5. The largest absolute Gasteiger partial charge is 0.490 e. The van der Waals surface area contributed by atoms with Gasteiger partial charge in [-0.1, -0.05) is 18.2 Å². The quantitative estimate of drug-likeness (QED) is 0.469. The summed E-state index contributed by atoms with van der Waals surface area (Å²) in [5.41, 5.74) is 1.87. The van der Waals surface area contributed by atoms with Crippen LogP contribution in [0.15, 0.2) is 46.6 Å². The Labute approximate surface area is 203 Å². The van der Waals surface area contributed by atoms with Gasteiger partial charge in [0.25, 0.3) is 0 Å². The minimum Gasteiger partial charge on any atom is -0.475 e. The first-order valence-electron chi connectivity index (χ1n) is 11.1. The molecule has 190 valence electrons. The molecule has 0 unspecified atom stereocenters. The summed E-state index contributed by atoms with van der Waals surface area (Å²) in [4.78, 5) is 39.9. The van der Waals surface area contributed by atoms with Crippen LogP contribution in [-0.2, 0) is 16.0 Å². The van der Waals surface area contributed by atoms with Crippen LogP contribution in [0, 0.1) is 0 Å². The number of benzene rings is 1. The number of likely N-dealkylation sites (tertiary alicyclic amines) is 1. The first kappa shape index (κ1) is 26.5. The van der Waals surface area contributed by atoms with Gasteiger partial charge in [-0.05, 0) is 43.3 Å². The van der Waals surface area contributed by atoms with Crippen LogP contribution >= 0.6 is 11.3 Å². The number of nitrogens with zero attached hydrogens (tertiary/aromatic N) is 2. The van der Waals surface area contributed by atoms with Crippen molar-refractivity contribution in [1.82, 2.24) is 19.8 Å². The number of para-hydroxylation sites is 2. The first-order chi connectivity index (χ1) is 16.5. The molecule has 8 nitrogen and oxygen atoms in total. The van der Waals surface area contributed by atoms with Crippen LogP contribution in [0.4, 0.5) is 13.2 Å². The van der Waals surface area contributed by atoms with E-state index >= 15 is 0 Å². The topological polar surface area (TPSA) is 107 Å².